The number of nitrogens with zero attached hydrogens (tertiary/aromatic N) is 5. The van der Waals surface area contributed by atoms with E-state index < -0.39 is 16.6 Å². The average Bonchev–Trinajstić information content (AvgIpc) is 3.28. The summed E-state index contributed by atoms with van der Waals surface area (Å²) < 4.78 is 33.2. The number of hydrogen-bond acceptors (Lipinski definition) is 8. The van der Waals surface area contributed by atoms with Gasteiger partial charge < -0.3 is 19.4 Å². The van der Waals surface area contributed by atoms with Crippen molar-refractivity contribution >= 4 is 44.0 Å². The van der Waals surface area contributed by atoms with Crippen LogP contribution >= 0.6 is 11.3 Å². The summed E-state index contributed by atoms with van der Waals surface area (Å²) >= 11 is 1.20. The Morgan fingerprint density at radius 3 is 2.47 bits per heavy atom. The third-order valence-electron chi connectivity index (χ3n) is 6.01. The maximum Gasteiger partial charge on any atom is 0.293 e. The Kier molecular flexibility index (Phi) is 6.00. The number of benzene rings is 2. The number of ether oxygens (including phenoxy) is 1. The van der Waals surface area contributed by atoms with Gasteiger partial charge in [-0.25, -0.2) is 13.8 Å². The summed E-state index contributed by atoms with van der Waals surface area (Å²) in [7, 11) is 0. The number of thiazole rings is 1. The van der Waals surface area contributed by atoms with Gasteiger partial charge >= 0.3 is 0 Å². The van der Waals surface area contributed by atoms with Crippen LogP contribution < -0.4 is 9.80 Å². The number of morpholine rings is 1. The molecule has 0 aliphatic carbocycles. The van der Waals surface area contributed by atoms with Gasteiger partial charge in [0.15, 0.2) is 10.9 Å². The monoisotopic (exact) mass is 489 g/mol. The zero-order valence-corrected chi connectivity index (χ0v) is 18.9. The van der Waals surface area contributed by atoms with Gasteiger partial charge in [0.2, 0.25) is 0 Å². The van der Waals surface area contributed by atoms with E-state index in [1.807, 2.05) is 9.80 Å². The molecule has 1 aromatic heterocycles. The maximum atomic E-state index is 14.0. The van der Waals surface area contributed by atoms with E-state index in [4.69, 9.17) is 4.74 Å². The predicted octanol–water partition coefficient (Wildman–Crippen LogP) is 3.28. The van der Waals surface area contributed by atoms with Gasteiger partial charge in [0.25, 0.3) is 11.6 Å². The number of aromatic nitrogens is 1. The number of amides is 1. The van der Waals surface area contributed by atoms with Crippen LogP contribution in [0.3, 0.4) is 0 Å². The minimum atomic E-state index is -0.701. The highest BCUT2D eigenvalue weighted by Gasteiger charge is 2.28. The summed E-state index contributed by atoms with van der Waals surface area (Å²) in [6.07, 6.45) is 0. The predicted molar refractivity (Wildman–Crippen MR) is 124 cm³/mol. The zero-order chi connectivity index (χ0) is 23.8. The molecular weight excluding hydrogens is 468 g/mol. The molecule has 2 aromatic carbocycles. The Morgan fingerprint density at radius 1 is 1.03 bits per heavy atom. The minimum absolute atomic E-state index is 0.102. The quantitative estimate of drug-likeness (QED) is 0.410. The first kappa shape index (κ1) is 22.4. The van der Waals surface area contributed by atoms with Gasteiger partial charge in [0, 0.05) is 57.0 Å². The molecule has 12 heteroatoms. The Labute approximate surface area is 197 Å². The lowest BCUT2D eigenvalue weighted by Crippen LogP contribution is -2.48. The molecule has 2 saturated heterocycles. The second-order valence-corrected chi connectivity index (χ2v) is 9.08. The molecule has 0 spiro atoms. The summed E-state index contributed by atoms with van der Waals surface area (Å²) in [5.74, 6) is -1.63. The van der Waals surface area contributed by atoms with Gasteiger partial charge in [0.1, 0.15) is 17.0 Å². The number of piperazine rings is 1. The number of carbonyl (C=O) groups is 1. The molecule has 0 radical (unpaired) electrons. The van der Waals surface area contributed by atoms with Gasteiger partial charge in [-0.1, -0.05) is 11.3 Å². The van der Waals surface area contributed by atoms with Crippen LogP contribution in [0.25, 0.3) is 10.2 Å². The fourth-order valence-corrected chi connectivity index (χ4v) is 5.30. The summed E-state index contributed by atoms with van der Waals surface area (Å²) in [6.45, 7) is 3.79. The summed E-state index contributed by atoms with van der Waals surface area (Å²) in [5.41, 5.74) is 0.770. The van der Waals surface area contributed by atoms with E-state index in [9.17, 15) is 23.7 Å². The molecule has 1 amide bonds. The highest BCUT2D eigenvalue weighted by atomic mass is 32.1. The van der Waals surface area contributed by atoms with E-state index in [-0.39, 0.29) is 22.7 Å². The molecule has 0 N–H and O–H groups in total. The van der Waals surface area contributed by atoms with Crippen LogP contribution in [0.2, 0.25) is 0 Å². The molecule has 3 aromatic rings. The van der Waals surface area contributed by atoms with Crippen LogP contribution in [-0.4, -0.2) is 73.2 Å². The summed E-state index contributed by atoms with van der Waals surface area (Å²) in [6, 6.07) is 6.66. The van der Waals surface area contributed by atoms with E-state index in [1.54, 1.807) is 17.0 Å². The van der Waals surface area contributed by atoms with Crippen molar-refractivity contribution in [2.24, 2.45) is 0 Å². The Balaban J connectivity index is 1.29. The van der Waals surface area contributed by atoms with Crippen LogP contribution in [0.5, 0.6) is 0 Å². The average molecular weight is 490 g/mol. The minimum Gasteiger partial charge on any atom is -0.378 e. The molecule has 2 fully saturated rings. The van der Waals surface area contributed by atoms with Gasteiger partial charge in [-0.2, -0.15) is 0 Å². The molecule has 0 saturated carbocycles. The molecule has 0 bridgehead atoms. The number of nitro benzene ring substituents is 1. The molecule has 34 heavy (non-hydrogen) atoms. The van der Waals surface area contributed by atoms with Crippen molar-refractivity contribution in [2.75, 3.05) is 62.3 Å². The fraction of sp³-hybridized carbons (Fsp3) is 0.364. The van der Waals surface area contributed by atoms with E-state index in [2.05, 4.69) is 4.98 Å². The summed E-state index contributed by atoms with van der Waals surface area (Å²) in [5, 5.41) is 12.3. The number of hydrogen-bond donors (Lipinski definition) is 0. The van der Waals surface area contributed by atoms with Crippen molar-refractivity contribution < 1.29 is 23.2 Å². The van der Waals surface area contributed by atoms with Gasteiger partial charge in [0.05, 0.1) is 22.8 Å². The van der Waals surface area contributed by atoms with Gasteiger partial charge in [-0.05, 0) is 18.2 Å². The molecular formula is C22H21F2N5O4S. The molecule has 2 aliphatic rings. The molecule has 178 valence electrons. The first-order valence-corrected chi connectivity index (χ1v) is 11.6. The summed E-state index contributed by atoms with van der Waals surface area (Å²) in [4.78, 5) is 34.1. The third kappa shape index (κ3) is 4.26. The number of rotatable bonds is 4. The van der Waals surface area contributed by atoms with Crippen LogP contribution in [0, 0.1) is 21.7 Å². The van der Waals surface area contributed by atoms with E-state index in [1.165, 1.54) is 23.5 Å². The Hall–Kier alpha value is -3.38. The van der Waals surface area contributed by atoms with E-state index >= 15 is 0 Å². The first-order valence-electron chi connectivity index (χ1n) is 10.8. The van der Waals surface area contributed by atoms with E-state index in [0.29, 0.717) is 68.0 Å². The number of carbonyl (C=O) groups excluding carboxylic acids is 1. The van der Waals surface area contributed by atoms with Crippen LogP contribution in [0.4, 0.5) is 25.3 Å². The molecule has 9 nitrogen and oxygen atoms in total. The van der Waals surface area contributed by atoms with Crippen molar-refractivity contribution in [3.05, 3.63) is 57.6 Å². The lowest BCUT2D eigenvalue weighted by atomic mass is 10.1. The molecule has 3 heterocycles. The fourth-order valence-electron chi connectivity index (χ4n) is 4.24. The lowest BCUT2D eigenvalue weighted by molar-refractivity contribution is -0.384. The molecule has 0 unspecified atom stereocenters. The topological polar surface area (TPSA) is 92.0 Å². The normalized spacial score (nSPS) is 16.8. The van der Waals surface area contributed by atoms with Gasteiger partial charge in [-0.3, -0.25) is 14.9 Å². The number of halogens is 2. The number of anilines is 2. The Morgan fingerprint density at radius 2 is 1.76 bits per heavy atom. The van der Waals surface area contributed by atoms with Crippen molar-refractivity contribution in [3.63, 3.8) is 0 Å². The highest BCUT2D eigenvalue weighted by molar-refractivity contribution is 7.22. The van der Waals surface area contributed by atoms with Crippen LogP contribution in [0.1, 0.15) is 10.4 Å². The first-order chi connectivity index (χ1) is 16.4. The van der Waals surface area contributed by atoms with Crippen molar-refractivity contribution in [2.45, 2.75) is 0 Å². The smallest absolute Gasteiger partial charge is 0.293 e. The van der Waals surface area contributed by atoms with Gasteiger partial charge in [-0.15, -0.1) is 0 Å². The number of fused-ring (bicyclic) bond motifs is 1. The molecule has 2 aliphatic heterocycles. The molecule has 0 atom stereocenters. The molecule has 5 rings (SSSR count). The third-order valence-corrected chi connectivity index (χ3v) is 7.07. The van der Waals surface area contributed by atoms with Crippen molar-refractivity contribution in [1.82, 2.24) is 9.88 Å². The standard InChI is InChI=1S/C22H21F2N5O4S/c23-15-12-16(24)20-19(13-15)34-22(25-20)28-5-3-27(4-6-28)21(30)14-1-2-17(18(11-14)29(31)32)26-7-9-33-10-8-26/h1-2,11-13H,3-10H2. The SMILES string of the molecule is O=C(c1ccc(N2CCOCC2)c([N+](=O)[O-])c1)N1CCN(c2nc3c(F)cc(F)cc3s2)CC1. The van der Waals surface area contributed by atoms with E-state index in [0.717, 1.165) is 6.07 Å². The maximum absolute atomic E-state index is 14.0. The van der Waals surface area contributed by atoms with Crippen LogP contribution in [0.15, 0.2) is 30.3 Å². The van der Waals surface area contributed by atoms with Crippen LogP contribution in [-0.2, 0) is 4.74 Å². The zero-order valence-electron chi connectivity index (χ0n) is 18.1. The second kappa shape index (κ2) is 9.11. The van der Waals surface area contributed by atoms with Crippen molar-refractivity contribution in [1.29, 1.82) is 0 Å². The number of nitro groups is 1. The lowest BCUT2D eigenvalue weighted by Gasteiger charge is -2.34. The highest BCUT2D eigenvalue weighted by Crippen LogP contribution is 2.33. The van der Waals surface area contributed by atoms with Crippen molar-refractivity contribution in [3.8, 4) is 0 Å². The second-order valence-electron chi connectivity index (χ2n) is 8.07. The largest absolute Gasteiger partial charge is 0.378 e. The Bertz CT molecular complexity index is 1260.